The zero-order chi connectivity index (χ0) is 19.1. The van der Waals surface area contributed by atoms with Crippen molar-refractivity contribution in [3.8, 4) is 0 Å². The summed E-state index contributed by atoms with van der Waals surface area (Å²) in [5, 5.41) is 5.27. The fraction of sp³-hybridized carbons (Fsp3) is 0. The van der Waals surface area contributed by atoms with Crippen molar-refractivity contribution in [1.29, 1.82) is 0 Å². The molecule has 0 atom stereocenters. The van der Waals surface area contributed by atoms with E-state index in [4.69, 9.17) is 0 Å². The summed E-state index contributed by atoms with van der Waals surface area (Å²) in [7, 11) is 0. The number of aromatic nitrogens is 1. The van der Waals surface area contributed by atoms with E-state index in [1.165, 1.54) is 24.3 Å². The largest absolute Gasteiger partial charge is 0.321 e. The maximum atomic E-state index is 13.0. The second kappa shape index (κ2) is 8.53. The molecule has 0 unspecified atom stereocenters. The number of anilines is 1. The van der Waals surface area contributed by atoms with Gasteiger partial charge in [-0.3, -0.25) is 14.6 Å². The minimum absolute atomic E-state index is 0.0550. The highest BCUT2D eigenvalue weighted by Gasteiger charge is 2.15. The number of benzene rings is 2. The molecular weight excluding hydrogens is 345 g/mol. The van der Waals surface area contributed by atoms with E-state index in [-0.39, 0.29) is 5.70 Å². The van der Waals surface area contributed by atoms with Crippen molar-refractivity contribution in [3.05, 3.63) is 102 Å². The molecule has 2 aromatic carbocycles. The Hall–Kier alpha value is -3.80. The summed E-state index contributed by atoms with van der Waals surface area (Å²) in [5.41, 5.74) is 1.59. The Bertz CT molecular complexity index is 956. The van der Waals surface area contributed by atoms with Crippen LogP contribution in [0, 0.1) is 5.82 Å². The third kappa shape index (κ3) is 5.09. The van der Waals surface area contributed by atoms with E-state index in [0.29, 0.717) is 16.8 Å². The van der Waals surface area contributed by atoms with E-state index in [2.05, 4.69) is 15.6 Å². The van der Waals surface area contributed by atoms with Crippen LogP contribution in [0.1, 0.15) is 15.9 Å². The second-order valence-corrected chi connectivity index (χ2v) is 5.62. The standard InChI is InChI=1S/C21H16FN3O2/c22-17-6-8-18(9-7-17)24-21(27)19(14-15-10-12-23-13-11-15)25-20(26)16-4-2-1-3-5-16/h1-14H,(H,24,27)(H,25,26). The fourth-order valence-electron chi connectivity index (χ4n) is 2.30. The summed E-state index contributed by atoms with van der Waals surface area (Å²) >= 11 is 0. The fourth-order valence-corrected chi connectivity index (χ4v) is 2.30. The van der Waals surface area contributed by atoms with Gasteiger partial charge in [0.15, 0.2) is 0 Å². The lowest BCUT2D eigenvalue weighted by atomic mass is 10.2. The van der Waals surface area contributed by atoms with Gasteiger partial charge in [0, 0.05) is 23.6 Å². The average Bonchev–Trinajstić information content (AvgIpc) is 2.70. The van der Waals surface area contributed by atoms with Crippen molar-refractivity contribution in [1.82, 2.24) is 10.3 Å². The molecule has 0 spiro atoms. The SMILES string of the molecule is O=C(Nc1ccc(F)cc1)C(=Cc1ccncc1)NC(=O)c1ccccc1. The molecule has 0 fully saturated rings. The molecular formula is C21H16FN3O2. The smallest absolute Gasteiger partial charge is 0.272 e. The van der Waals surface area contributed by atoms with Crippen LogP contribution in [0.25, 0.3) is 6.08 Å². The third-order valence-electron chi connectivity index (χ3n) is 3.65. The molecule has 3 aromatic rings. The number of nitrogens with one attached hydrogen (secondary N) is 2. The number of amides is 2. The lowest BCUT2D eigenvalue weighted by molar-refractivity contribution is -0.113. The van der Waals surface area contributed by atoms with Crippen molar-refractivity contribution in [2.45, 2.75) is 0 Å². The number of carbonyl (C=O) groups excluding carboxylic acids is 2. The van der Waals surface area contributed by atoms with Crippen molar-refractivity contribution in [2.75, 3.05) is 5.32 Å². The molecule has 2 amide bonds. The first-order valence-electron chi connectivity index (χ1n) is 8.17. The van der Waals surface area contributed by atoms with Gasteiger partial charge in [-0.2, -0.15) is 0 Å². The topological polar surface area (TPSA) is 71.1 Å². The predicted octanol–water partition coefficient (Wildman–Crippen LogP) is 3.63. The molecule has 1 aromatic heterocycles. The first-order chi connectivity index (χ1) is 13.1. The zero-order valence-corrected chi connectivity index (χ0v) is 14.2. The van der Waals surface area contributed by atoms with Crippen molar-refractivity contribution < 1.29 is 14.0 Å². The van der Waals surface area contributed by atoms with Crippen LogP contribution < -0.4 is 10.6 Å². The highest BCUT2D eigenvalue weighted by Crippen LogP contribution is 2.12. The number of halogens is 1. The summed E-state index contributed by atoms with van der Waals surface area (Å²) in [6, 6.07) is 17.3. The molecule has 0 saturated heterocycles. The minimum atomic E-state index is -0.525. The molecule has 134 valence electrons. The summed E-state index contributed by atoms with van der Waals surface area (Å²) in [6.45, 7) is 0. The second-order valence-electron chi connectivity index (χ2n) is 5.62. The molecule has 0 aliphatic carbocycles. The Kier molecular flexibility index (Phi) is 5.69. The van der Waals surface area contributed by atoms with Gasteiger partial charge in [-0.25, -0.2) is 4.39 Å². The van der Waals surface area contributed by atoms with Crippen molar-refractivity contribution in [3.63, 3.8) is 0 Å². The minimum Gasteiger partial charge on any atom is -0.321 e. The van der Waals surface area contributed by atoms with Gasteiger partial charge < -0.3 is 10.6 Å². The molecule has 0 saturated carbocycles. The van der Waals surface area contributed by atoms with Gasteiger partial charge in [-0.1, -0.05) is 18.2 Å². The molecule has 0 bridgehead atoms. The Morgan fingerprint density at radius 1 is 0.889 bits per heavy atom. The summed E-state index contributed by atoms with van der Waals surface area (Å²) in [6.07, 6.45) is 4.71. The van der Waals surface area contributed by atoms with Crippen LogP contribution in [-0.2, 0) is 4.79 Å². The average molecular weight is 361 g/mol. The Morgan fingerprint density at radius 3 is 2.22 bits per heavy atom. The van der Waals surface area contributed by atoms with E-state index in [1.54, 1.807) is 60.9 Å². The van der Waals surface area contributed by atoms with Crippen molar-refractivity contribution >= 4 is 23.6 Å². The number of rotatable bonds is 5. The van der Waals surface area contributed by atoms with Gasteiger partial charge in [-0.05, 0) is 60.2 Å². The first kappa shape index (κ1) is 18.0. The summed E-state index contributed by atoms with van der Waals surface area (Å²) in [4.78, 5) is 29.0. The van der Waals surface area contributed by atoms with Gasteiger partial charge in [-0.15, -0.1) is 0 Å². The molecule has 3 rings (SSSR count). The van der Waals surface area contributed by atoms with Gasteiger partial charge >= 0.3 is 0 Å². The number of carbonyl (C=O) groups is 2. The van der Waals surface area contributed by atoms with Gasteiger partial charge in [0.2, 0.25) is 0 Å². The number of pyridine rings is 1. The monoisotopic (exact) mass is 361 g/mol. The molecule has 1 heterocycles. The van der Waals surface area contributed by atoms with Crippen molar-refractivity contribution in [2.24, 2.45) is 0 Å². The van der Waals surface area contributed by atoms with E-state index in [0.717, 1.165) is 0 Å². The van der Waals surface area contributed by atoms with Gasteiger partial charge in [0.25, 0.3) is 11.8 Å². The van der Waals surface area contributed by atoms with Gasteiger partial charge in [0.1, 0.15) is 11.5 Å². The van der Waals surface area contributed by atoms with Crippen LogP contribution in [0.2, 0.25) is 0 Å². The Labute approximate surface area is 155 Å². The Balaban J connectivity index is 1.85. The van der Waals surface area contributed by atoms with E-state index in [1.807, 2.05) is 0 Å². The van der Waals surface area contributed by atoms with E-state index < -0.39 is 17.6 Å². The van der Waals surface area contributed by atoms with E-state index in [9.17, 15) is 14.0 Å². The lowest BCUT2D eigenvalue weighted by Crippen LogP contribution is -2.30. The first-order valence-corrected chi connectivity index (χ1v) is 8.17. The quantitative estimate of drug-likeness (QED) is 0.682. The van der Waals surface area contributed by atoms with Crippen LogP contribution in [0.5, 0.6) is 0 Å². The van der Waals surface area contributed by atoms with Crippen LogP contribution in [0.15, 0.2) is 84.8 Å². The highest BCUT2D eigenvalue weighted by atomic mass is 19.1. The highest BCUT2D eigenvalue weighted by molar-refractivity contribution is 6.10. The molecule has 27 heavy (non-hydrogen) atoms. The molecule has 0 radical (unpaired) electrons. The van der Waals surface area contributed by atoms with Crippen LogP contribution in [-0.4, -0.2) is 16.8 Å². The predicted molar refractivity (Wildman–Crippen MR) is 101 cm³/mol. The summed E-state index contributed by atoms with van der Waals surface area (Å²) in [5.74, 6) is -1.34. The molecule has 6 heteroatoms. The van der Waals surface area contributed by atoms with Gasteiger partial charge in [0.05, 0.1) is 0 Å². The molecule has 5 nitrogen and oxygen atoms in total. The number of hydrogen-bond donors (Lipinski definition) is 2. The van der Waals surface area contributed by atoms with Crippen LogP contribution in [0.3, 0.4) is 0 Å². The van der Waals surface area contributed by atoms with E-state index >= 15 is 0 Å². The molecule has 0 aliphatic rings. The Morgan fingerprint density at radius 2 is 1.56 bits per heavy atom. The van der Waals surface area contributed by atoms with Crippen LogP contribution >= 0.6 is 0 Å². The third-order valence-corrected chi connectivity index (χ3v) is 3.65. The summed E-state index contributed by atoms with van der Waals surface area (Å²) < 4.78 is 13.0. The zero-order valence-electron chi connectivity index (χ0n) is 14.2. The normalized spacial score (nSPS) is 10.9. The number of nitrogens with zero attached hydrogens (tertiary/aromatic N) is 1. The molecule has 2 N–H and O–H groups in total. The maximum Gasteiger partial charge on any atom is 0.272 e. The maximum absolute atomic E-state index is 13.0. The number of hydrogen-bond acceptors (Lipinski definition) is 3. The molecule has 0 aliphatic heterocycles. The lowest BCUT2D eigenvalue weighted by Gasteiger charge is -2.11. The van der Waals surface area contributed by atoms with Crippen LogP contribution in [0.4, 0.5) is 10.1 Å².